The van der Waals surface area contributed by atoms with Crippen LogP contribution in [0.3, 0.4) is 0 Å². The third-order valence-corrected chi connectivity index (χ3v) is 3.68. The largest absolute Gasteiger partial charge is 0.342 e. The van der Waals surface area contributed by atoms with Crippen molar-refractivity contribution in [3.8, 4) is 0 Å². The summed E-state index contributed by atoms with van der Waals surface area (Å²) in [6.45, 7) is 5.78. The number of nitro groups is 1. The minimum absolute atomic E-state index is 0.00374. The van der Waals surface area contributed by atoms with E-state index in [9.17, 15) is 14.9 Å². The summed E-state index contributed by atoms with van der Waals surface area (Å²) in [7, 11) is 0. The van der Waals surface area contributed by atoms with Gasteiger partial charge in [-0.1, -0.05) is 6.92 Å². The molecule has 0 saturated carbocycles. The van der Waals surface area contributed by atoms with Gasteiger partial charge in [-0.15, -0.1) is 0 Å². The molecule has 1 aromatic rings. The maximum Gasteiger partial charge on any atom is 0.309 e. The molecule has 0 unspecified atom stereocenters. The number of carbonyl (C=O) groups is 1. The Morgan fingerprint density at radius 3 is 2.95 bits per heavy atom. The number of likely N-dealkylation sites (tertiary alicyclic amines) is 1. The van der Waals surface area contributed by atoms with Crippen molar-refractivity contribution in [1.82, 2.24) is 14.7 Å². The molecule has 0 N–H and O–H groups in total. The van der Waals surface area contributed by atoms with E-state index in [1.165, 1.54) is 17.3 Å². The predicted molar refractivity (Wildman–Crippen MR) is 73.2 cm³/mol. The zero-order valence-corrected chi connectivity index (χ0v) is 11.9. The molecule has 7 heteroatoms. The molecule has 1 aliphatic rings. The van der Waals surface area contributed by atoms with Crippen LogP contribution in [-0.4, -0.2) is 38.6 Å². The summed E-state index contributed by atoms with van der Waals surface area (Å²) in [5.74, 6) is 0.660. The first kappa shape index (κ1) is 14.5. The maximum absolute atomic E-state index is 12.1. The quantitative estimate of drug-likeness (QED) is 0.621. The summed E-state index contributed by atoms with van der Waals surface area (Å²) in [6, 6.07) is 0. The van der Waals surface area contributed by atoms with Crippen molar-refractivity contribution >= 4 is 11.6 Å². The van der Waals surface area contributed by atoms with Crippen LogP contribution in [0.2, 0.25) is 0 Å². The molecule has 0 radical (unpaired) electrons. The number of piperidine rings is 1. The lowest BCUT2D eigenvalue weighted by Crippen LogP contribution is -2.39. The minimum Gasteiger partial charge on any atom is -0.342 e. The van der Waals surface area contributed by atoms with Crippen LogP contribution in [0.25, 0.3) is 0 Å². The van der Waals surface area contributed by atoms with Gasteiger partial charge in [0.2, 0.25) is 5.91 Å². The first-order valence-corrected chi connectivity index (χ1v) is 6.93. The third kappa shape index (κ3) is 3.34. The van der Waals surface area contributed by atoms with E-state index >= 15 is 0 Å². The van der Waals surface area contributed by atoms with E-state index in [0.29, 0.717) is 24.6 Å². The number of aryl methyl sites for hydroxylation is 2. The second kappa shape index (κ2) is 6.02. The molecule has 0 spiro atoms. The van der Waals surface area contributed by atoms with Gasteiger partial charge in [-0.3, -0.25) is 19.6 Å². The second-order valence-corrected chi connectivity index (χ2v) is 5.46. The van der Waals surface area contributed by atoms with Crippen LogP contribution < -0.4 is 0 Å². The van der Waals surface area contributed by atoms with Crippen LogP contribution in [0, 0.1) is 23.0 Å². The van der Waals surface area contributed by atoms with E-state index in [-0.39, 0.29) is 11.6 Å². The second-order valence-electron chi connectivity index (χ2n) is 5.46. The van der Waals surface area contributed by atoms with Gasteiger partial charge >= 0.3 is 5.69 Å². The Morgan fingerprint density at radius 2 is 2.35 bits per heavy atom. The molecule has 1 aliphatic heterocycles. The van der Waals surface area contributed by atoms with E-state index in [0.717, 1.165) is 19.5 Å². The summed E-state index contributed by atoms with van der Waals surface area (Å²) < 4.78 is 1.48. The van der Waals surface area contributed by atoms with Gasteiger partial charge in [0.05, 0.1) is 4.92 Å². The summed E-state index contributed by atoms with van der Waals surface area (Å²) in [5.41, 5.74) is 0.387. The molecule has 0 aliphatic carbocycles. The van der Waals surface area contributed by atoms with Crippen LogP contribution in [0.4, 0.5) is 5.69 Å². The highest BCUT2D eigenvalue weighted by atomic mass is 16.6. The number of carbonyl (C=O) groups excluding carboxylic acids is 1. The molecule has 20 heavy (non-hydrogen) atoms. The van der Waals surface area contributed by atoms with Crippen molar-refractivity contribution in [3.05, 3.63) is 22.0 Å². The molecule has 1 amide bonds. The topological polar surface area (TPSA) is 81.3 Å². The molecular weight excluding hydrogens is 260 g/mol. The minimum atomic E-state index is -0.451. The predicted octanol–water partition coefficient (Wildman–Crippen LogP) is 1.75. The van der Waals surface area contributed by atoms with Crippen LogP contribution in [0.1, 0.15) is 31.9 Å². The summed E-state index contributed by atoms with van der Waals surface area (Å²) in [6.07, 6.45) is 3.96. The monoisotopic (exact) mass is 280 g/mol. The molecule has 1 fully saturated rings. The molecule has 2 rings (SSSR count). The molecule has 0 bridgehead atoms. The molecule has 1 aromatic heterocycles. The van der Waals surface area contributed by atoms with Gasteiger partial charge in [0.15, 0.2) is 0 Å². The Bertz CT molecular complexity index is 512. The van der Waals surface area contributed by atoms with Gasteiger partial charge < -0.3 is 4.90 Å². The number of amides is 1. The highest BCUT2D eigenvalue weighted by Gasteiger charge is 2.21. The average molecular weight is 280 g/mol. The van der Waals surface area contributed by atoms with Gasteiger partial charge in [0.1, 0.15) is 11.9 Å². The molecule has 1 saturated heterocycles. The van der Waals surface area contributed by atoms with Crippen LogP contribution in [0.15, 0.2) is 6.20 Å². The molecule has 7 nitrogen and oxygen atoms in total. The van der Waals surface area contributed by atoms with Gasteiger partial charge in [-0.2, -0.15) is 5.10 Å². The van der Waals surface area contributed by atoms with E-state index in [4.69, 9.17) is 0 Å². The molecule has 0 aromatic carbocycles. The van der Waals surface area contributed by atoms with Crippen LogP contribution in [-0.2, 0) is 11.3 Å². The van der Waals surface area contributed by atoms with Gasteiger partial charge in [-0.25, -0.2) is 0 Å². The van der Waals surface area contributed by atoms with Crippen LogP contribution >= 0.6 is 0 Å². The number of aromatic nitrogens is 2. The van der Waals surface area contributed by atoms with Crippen molar-refractivity contribution in [2.75, 3.05) is 13.1 Å². The van der Waals surface area contributed by atoms with E-state index in [2.05, 4.69) is 12.0 Å². The Morgan fingerprint density at radius 1 is 1.60 bits per heavy atom. The lowest BCUT2D eigenvalue weighted by atomic mass is 10.00. The van der Waals surface area contributed by atoms with Crippen molar-refractivity contribution < 1.29 is 9.72 Å². The van der Waals surface area contributed by atoms with Crippen molar-refractivity contribution in [1.29, 1.82) is 0 Å². The van der Waals surface area contributed by atoms with Gasteiger partial charge in [0, 0.05) is 26.1 Å². The van der Waals surface area contributed by atoms with Crippen LogP contribution in [0.5, 0.6) is 0 Å². The zero-order valence-electron chi connectivity index (χ0n) is 11.9. The van der Waals surface area contributed by atoms with E-state index < -0.39 is 4.92 Å². The Labute approximate surface area is 117 Å². The summed E-state index contributed by atoms with van der Waals surface area (Å²) >= 11 is 0. The highest BCUT2D eigenvalue weighted by molar-refractivity contribution is 5.76. The normalized spacial score (nSPS) is 19.1. The fourth-order valence-corrected chi connectivity index (χ4v) is 2.59. The SMILES string of the molecule is Cc1nn(CCC(=O)N2CCC[C@@H](C)C2)cc1[N+](=O)[O-]. The number of rotatable bonds is 4. The molecule has 110 valence electrons. The fourth-order valence-electron chi connectivity index (χ4n) is 2.59. The average Bonchev–Trinajstić information content (AvgIpc) is 2.77. The number of hydrogen-bond acceptors (Lipinski definition) is 4. The van der Waals surface area contributed by atoms with Gasteiger partial charge in [0.25, 0.3) is 0 Å². The van der Waals surface area contributed by atoms with Crippen molar-refractivity contribution in [2.45, 2.75) is 39.7 Å². The third-order valence-electron chi connectivity index (χ3n) is 3.68. The Kier molecular flexibility index (Phi) is 4.36. The van der Waals surface area contributed by atoms with E-state index in [1.807, 2.05) is 4.90 Å². The molecule has 1 atom stereocenters. The lowest BCUT2D eigenvalue weighted by Gasteiger charge is -2.31. The Hall–Kier alpha value is -1.92. The number of hydrogen-bond donors (Lipinski definition) is 0. The van der Waals surface area contributed by atoms with Gasteiger partial charge in [-0.05, 0) is 25.7 Å². The molecule has 2 heterocycles. The highest BCUT2D eigenvalue weighted by Crippen LogP contribution is 2.17. The lowest BCUT2D eigenvalue weighted by molar-refractivity contribution is -0.385. The smallest absolute Gasteiger partial charge is 0.309 e. The fraction of sp³-hybridized carbons (Fsp3) is 0.692. The Balaban J connectivity index is 1.90. The number of nitrogens with zero attached hydrogens (tertiary/aromatic N) is 4. The first-order valence-electron chi connectivity index (χ1n) is 6.93. The standard InChI is InChI=1S/C13H20N4O3/c1-10-4-3-6-15(8-10)13(18)5-7-16-9-12(17(19)20)11(2)14-16/h9-10H,3-8H2,1-2H3/t10-/m1/s1. The molecular formula is C13H20N4O3. The zero-order chi connectivity index (χ0) is 14.7. The van der Waals surface area contributed by atoms with Crippen molar-refractivity contribution in [3.63, 3.8) is 0 Å². The first-order chi connectivity index (χ1) is 9.47. The maximum atomic E-state index is 12.1. The summed E-state index contributed by atoms with van der Waals surface area (Å²) in [4.78, 5) is 24.3. The van der Waals surface area contributed by atoms with E-state index in [1.54, 1.807) is 6.92 Å². The van der Waals surface area contributed by atoms with Crippen molar-refractivity contribution in [2.24, 2.45) is 5.92 Å². The summed E-state index contributed by atoms with van der Waals surface area (Å²) in [5, 5.41) is 14.8.